The van der Waals surface area contributed by atoms with Crippen LogP contribution >= 0.6 is 0 Å². The fraction of sp³-hybridized carbons (Fsp3) is 0.909. The standard InChI is InChI=1S/C11H19NO2/c1-11(4-5-12-8-11)10(13)9-3-2-6-14-7-9/h9,12H,2-8H2,1H3. The third-order valence-electron chi connectivity index (χ3n) is 3.49. The molecule has 2 saturated heterocycles. The topological polar surface area (TPSA) is 38.3 Å². The molecule has 2 rings (SSSR count). The molecule has 14 heavy (non-hydrogen) atoms. The highest BCUT2D eigenvalue weighted by Crippen LogP contribution is 2.31. The Bertz CT molecular complexity index is 215. The third kappa shape index (κ3) is 1.84. The Kier molecular flexibility index (Phi) is 2.88. The Morgan fingerprint density at radius 3 is 3.00 bits per heavy atom. The van der Waals surface area contributed by atoms with Crippen molar-refractivity contribution in [3.8, 4) is 0 Å². The largest absolute Gasteiger partial charge is 0.381 e. The first kappa shape index (κ1) is 10.1. The van der Waals surface area contributed by atoms with Gasteiger partial charge in [-0.1, -0.05) is 6.92 Å². The fourth-order valence-electron chi connectivity index (χ4n) is 2.47. The van der Waals surface area contributed by atoms with E-state index in [1.54, 1.807) is 0 Å². The summed E-state index contributed by atoms with van der Waals surface area (Å²) < 4.78 is 5.37. The van der Waals surface area contributed by atoms with Crippen LogP contribution in [-0.2, 0) is 9.53 Å². The molecular formula is C11H19NO2. The van der Waals surface area contributed by atoms with Gasteiger partial charge in [0.1, 0.15) is 5.78 Å². The Morgan fingerprint density at radius 2 is 2.43 bits per heavy atom. The van der Waals surface area contributed by atoms with E-state index < -0.39 is 0 Å². The lowest BCUT2D eigenvalue weighted by Crippen LogP contribution is -2.38. The Hall–Kier alpha value is -0.410. The predicted octanol–water partition coefficient (Wildman–Crippen LogP) is 0.982. The molecule has 0 spiro atoms. The summed E-state index contributed by atoms with van der Waals surface area (Å²) in [5.74, 6) is 0.579. The van der Waals surface area contributed by atoms with E-state index in [4.69, 9.17) is 4.74 Å². The molecule has 0 aliphatic carbocycles. The van der Waals surface area contributed by atoms with Crippen LogP contribution in [0.15, 0.2) is 0 Å². The molecule has 3 heteroatoms. The third-order valence-corrected chi connectivity index (χ3v) is 3.49. The summed E-state index contributed by atoms with van der Waals surface area (Å²) in [6.45, 7) is 5.40. The Labute approximate surface area is 85.2 Å². The number of carbonyl (C=O) groups excluding carboxylic acids is 1. The lowest BCUT2D eigenvalue weighted by Gasteiger charge is -2.29. The Balaban J connectivity index is 1.98. The first-order valence-corrected chi connectivity index (χ1v) is 5.55. The summed E-state index contributed by atoms with van der Waals surface area (Å²) in [6.07, 6.45) is 3.05. The number of Topliss-reactive ketones (excluding diaryl/α,β-unsaturated/α-hetero) is 1. The van der Waals surface area contributed by atoms with Crippen LogP contribution < -0.4 is 5.32 Å². The van der Waals surface area contributed by atoms with Crippen LogP contribution in [0.25, 0.3) is 0 Å². The number of carbonyl (C=O) groups is 1. The molecule has 2 atom stereocenters. The minimum absolute atomic E-state index is 0.120. The lowest BCUT2D eigenvalue weighted by molar-refractivity contribution is -0.135. The van der Waals surface area contributed by atoms with Crippen molar-refractivity contribution < 1.29 is 9.53 Å². The summed E-state index contributed by atoms with van der Waals surface area (Å²) in [5, 5.41) is 3.27. The highest BCUT2D eigenvalue weighted by molar-refractivity contribution is 5.87. The van der Waals surface area contributed by atoms with Crippen molar-refractivity contribution in [2.45, 2.75) is 26.2 Å². The van der Waals surface area contributed by atoms with Crippen molar-refractivity contribution in [2.75, 3.05) is 26.3 Å². The lowest BCUT2D eigenvalue weighted by atomic mass is 9.77. The molecule has 0 saturated carbocycles. The molecule has 2 unspecified atom stereocenters. The normalized spacial score (nSPS) is 38.5. The molecule has 2 aliphatic heterocycles. The minimum Gasteiger partial charge on any atom is -0.381 e. The number of rotatable bonds is 2. The number of ether oxygens (including phenoxy) is 1. The highest BCUT2D eigenvalue weighted by atomic mass is 16.5. The fourth-order valence-corrected chi connectivity index (χ4v) is 2.47. The molecule has 2 fully saturated rings. The maximum atomic E-state index is 12.2. The zero-order chi connectivity index (χ0) is 10.0. The van der Waals surface area contributed by atoms with Crippen molar-refractivity contribution in [3.63, 3.8) is 0 Å². The highest BCUT2D eigenvalue weighted by Gasteiger charge is 2.40. The van der Waals surface area contributed by atoms with Gasteiger partial charge in [-0.05, 0) is 25.8 Å². The molecule has 0 aromatic carbocycles. The van der Waals surface area contributed by atoms with Crippen LogP contribution in [0.5, 0.6) is 0 Å². The maximum absolute atomic E-state index is 12.2. The number of hydrogen-bond donors (Lipinski definition) is 1. The molecule has 0 amide bonds. The number of hydrogen-bond acceptors (Lipinski definition) is 3. The summed E-state index contributed by atoms with van der Waals surface area (Å²) in [7, 11) is 0. The van der Waals surface area contributed by atoms with E-state index >= 15 is 0 Å². The zero-order valence-electron chi connectivity index (χ0n) is 8.84. The van der Waals surface area contributed by atoms with Crippen LogP contribution in [-0.4, -0.2) is 32.1 Å². The van der Waals surface area contributed by atoms with E-state index in [2.05, 4.69) is 12.2 Å². The number of nitrogens with one attached hydrogen (secondary N) is 1. The Morgan fingerprint density at radius 1 is 1.57 bits per heavy atom. The number of ketones is 1. The van der Waals surface area contributed by atoms with E-state index in [0.29, 0.717) is 12.4 Å². The van der Waals surface area contributed by atoms with E-state index in [-0.39, 0.29) is 11.3 Å². The smallest absolute Gasteiger partial charge is 0.145 e. The van der Waals surface area contributed by atoms with Crippen molar-refractivity contribution >= 4 is 5.78 Å². The molecule has 2 heterocycles. The molecule has 0 aromatic rings. The van der Waals surface area contributed by atoms with Crippen molar-refractivity contribution in [2.24, 2.45) is 11.3 Å². The van der Waals surface area contributed by atoms with Gasteiger partial charge in [0.15, 0.2) is 0 Å². The van der Waals surface area contributed by atoms with E-state index in [0.717, 1.165) is 39.0 Å². The van der Waals surface area contributed by atoms with E-state index in [1.165, 1.54) is 0 Å². The van der Waals surface area contributed by atoms with Gasteiger partial charge in [0.25, 0.3) is 0 Å². The van der Waals surface area contributed by atoms with Gasteiger partial charge >= 0.3 is 0 Å². The average Bonchev–Trinajstić information content (AvgIpc) is 2.67. The molecule has 0 aromatic heterocycles. The molecule has 0 bridgehead atoms. The SMILES string of the molecule is CC1(C(=O)C2CCCOC2)CCNC1. The summed E-state index contributed by atoms with van der Waals surface area (Å²) >= 11 is 0. The van der Waals surface area contributed by atoms with Gasteiger partial charge in [0.2, 0.25) is 0 Å². The van der Waals surface area contributed by atoms with Gasteiger partial charge in [-0.3, -0.25) is 4.79 Å². The molecule has 3 nitrogen and oxygen atoms in total. The average molecular weight is 197 g/mol. The molecule has 2 aliphatic rings. The van der Waals surface area contributed by atoms with Crippen LogP contribution in [0.3, 0.4) is 0 Å². The van der Waals surface area contributed by atoms with Gasteiger partial charge < -0.3 is 10.1 Å². The van der Waals surface area contributed by atoms with Gasteiger partial charge in [0, 0.05) is 24.5 Å². The molecule has 0 radical (unpaired) electrons. The first-order chi connectivity index (χ1) is 6.72. The van der Waals surface area contributed by atoms with Crippen LogP contribution in [0.2, 0.25) is 0 Å². The van der Waals surface area contributed by atoms with Crippen molar-refractivity contribution in [1.29, 1.82) is 0 Å². The minimum atomic E-state index is -0.120. The van der Waals surface area contributed by atoms with Crippen molar-refractivity contribution in [1.82, 2.24) is 5.32 Å². The second-order valence-corrected chi connectivity index (χ2v) is 4.77. The predicted molar refractivity (Wildman–Crippen MR) is 54.1 cm³/mol. The summed E-state index contributed by atoms with van der Waals surface area (Å²) in [6, 6.07) is 0. The van der Waals surface area contributed by atoms with E-state index in [9.17, 15) is 4.79 Å². The second kappa shape index (κ2) is 3.99. The van der Waals surface area contributed by atoms with Crippen LogP contribution in [0, 0.1) is 11.3 Å². The van der Waals surface area contributed by atoms with E-state index in [1.807, 2.05) is 0 Å². The monoisotopic (exact) mass is 197 g/mol. The van der Waals surface area contributed by atoms with Crippen LogP contribution in [0.4, 0.5) is 0 Å². The van der Waals surface area contributed by atoms with Crippen LogP contribution in [0.1, 0.15) is 26.2 Å². The maximum Gasteiger partial charge on any atom is 0.145 e. The van der Waals surface area contributed by atoms with Crippen molar-refractivity contribution in [3.05, 3.63) is 0 Å². The van der Waals surface area contributed by atoms with Gasteiger partial charge in [-0.15, -0.1) is 0 Å². The molecule has 1 N–H and O–H groups in total. The van der Waals surface area contributed by atoms with Gasteiger partial charge in [0.05, 0.1) is 6.61 Å². The molecule has 80 valence electrons. The summed E-state index contributed by atoms with van der Waals surface area (Å²) in [5.41, 5.74) is -0.120. The first-order valence-electron chi connectivity index (χ1n) is 5.55. The molecular weight excluding hydrogens is 178 g/mol. The van der Waals surface area contributed by atoms with Gasteiger partial charge in [-0.25, -0.2) is 0 Å². The second-order valence-electron chi connectivity index (χ2n) is 4.77. The van der Waals surface area contributed by atoms with Gasteiger partial charge in [-0.2, -0.15) is 0 Å². The summed E-state index contributed by atoms with van der Waals surface area (Å²) in [4.78, 5) is 12.2. The quantitative estimate of drug-likeness (QED) is 0.717. The zero-order valence-corrected chi connectivity index (χ0v) is 8.84.